The molecule has 0 unspecified atom stereocenters. The van der Waals surface area contributed by atoms with E-state index in [1.165, 1.54) is 12.8 Å². The molecule has 0 bridgehead atoms. The summed E-state index contributed by atoms with van der Waals surface area (Å²) < 4.78 is 0. The summed E-state index contributed by atoms with van der Waals surface area (Å²) in [6.45, 7) is 6.64. The van der Waals surface area contributed by atoms with Crippen molar-refractivity contribution in [2.24, 2.45) is 11.8 Å². The summed E-state index contributed by atoms with van der Waals surface area (Å²) in [5, 5.41) is 6.15. The van der Waals surface area contributed by atoms with Crippen molar-refractivity contribution in [2.75, 3.05) is 13.6 Å². The number of carbonyl (C=O) groups is 2. The van der Waals surface area contributed by atoms with E-state index < -0.39 is 0 Å². The van der Waals surface area contributed by atoms with Gasteiger partial charge in [0.1, 0.15) is 0 Å². The number of amides is 2. The van der Waals surface area contributed by atoms with E-state index in [1.807, 2.05) is 18.9 Å². The summed E-state index contributed by atoms with van der Waals surface area (Å²) in [6.07, 6.45) is 5.68. The summed E-state index contributed by atoms with van der Waals surface area (Å²) in [4.78, 5) is 26.1. The Kier molecular flexibility index (Phi) is 5.84. The molecule has 2 aliphatic rings. The Morgan fingerprint density at radius 2 is 1.82 bits per heavy atom. The van der Waals surface area contributed by atoms with Gasteiger partial charge in [-0.3, -0.25) is 14.5 Å². The predicted molar refractivity (Wildman–Crippen MR) is 87.4 cm³/mol. The molecule has 22 heavy (non-hydrogen) atoms. The summed E-state index contributed by atoms with van der Waals surface area (Å²) in [5.41, 5.74) is 0. The van der Waals surface area contributed by atoms with Crippen LogP contribution in [0, 0.1) is 11.8 Å². The summed E-state index contributed by atoms with van der Waals surface area (Å²) in [5.74, 6) is 1.24. The van der Waals surface area contributed by atoms with Crippen molar-refractivity contribution in [1.82, 2.24) is 15.5 Å². The Hall–Kier alpha value is -1.10. The molecule has 0 radical (unpaired) electrons. The average molecular weight is 309 g/mol. The maximum atomic E-state index is 12.4. The highest BCUT2D eigenvalue weighted by Gasteiger charge is 2.30. The second kappa shape index (κ2) is 7.44. The van der Waals surface area contributed by atoms with E-state index in [4.69, 9.17) is 0 Å². The van der Waals surface area contributed by atoms with Crippen LogP contribution in [0.2, 0.25) is 0 Å². The van der Waals surface area contributed by atoms with Gasteiger partial charge in [-0.15, -0.1) is 0 Å². The van der Waals surface area contributed by atoms with E-state index in [0.717, 1.165) is 19.3 Å². The molecular formula is C17H31N3O2. The van der Waals surface area contributed by atoms with Gasteiger partial charge in [-0.25, -0.2) is 0 Å². The molecule has 2 fully saturated rings. The van der Waals surface area contributed by atoms with Crippen molar-refractivity contribution in [3.8, 4) is 0 Å². The van der Waals surface area contributed by atoms with Gasteiger partial charge in [-0.2, -0.15) is 0 Å². The molecule has 5 heteroatoms. The van der Waals surface area contributed by atoms with Crippen LogP contribution in [-0.2, 0) is 9.59 Å². The molecule has 0 spiro atoms. The van der Waals surface area contributed by atoms with E-state index in [2.05, 4.69) is 24.5 Å². The van der Waals surface area contributed by atoms with Crippen molar-refractivity contribution in [2.45, 2.75) is 71.0 Å². The number of hydrogen-bond donors (Lipinski definition) is 2. The fraction of sp³-hybridized carbons (Fsp3) is 0.882. The van der Waals surface area contributed by atoms with Gasteiger partial charge in [0.15, 0.2) is 0 Å². The van der Waals surface area contributed by atoms with Crippen LogP contribution in [0.3, 0.4) is 0 Å². The zero-order valence-corrected chi connectivity index (χ0v) is 14.4. The molecule has 0 aliphatic heterocycles. The highest BCUT2D eigenvalue weighted by atomic mass is 16.2. The third-order valence-corrected chi connectivity index (χ3v) is 5.41. The molecule has 2 amide bonds. The zero-order chi connectivity index (χ0) is 16.3. The molecule has 2 rings (SSSR count). The number of likely N-dealkylation sites (N-methyl/N-ethyl adjacent to an activating group) is 1. The van der Waals surface area contributed by atoms with Gasteiger partial charge < -0.3 is 10.6 Å². The van der Waals surface area contributed by atoms with Gasteiger partial charge in [0, 0.05) is 12.1 Å². The minimum atomic E-state index is -0.283. The van der Waals surface area contributed by atoms with Crippen LogP contribution >= 0.6 is 0 Å². The number of rotatable bonds is 6. The zero-order valence-electron chi connectivity index (χ0n) is 14.4. The first-order valence-corrected chi connectivity index (χ1v) is 8.68. The highest BCUT2D eigenvalue weighted by Crippen LogP contribution is 2.29. The second-order valence-corrected chi connectivity index (χ2v) is 7.32. The lowest BCUT2D eigenvalue weighted by molar-refractivity contribution is -0.128. The van der Waals surface area contributed by atoms with Crippen LogP contribution < -0.4 is 10.6 Å². The van der Waals surface area contributed by atoms with Crippen LogP contribution in [0.25, 0.3) is 0 Å². The molecule has 0 aromatic heterocycles. The molecule has 0 saturated heterocycles. The van der Waals surface area contributed by atoms with Crippen molar-refractivity contribution in [3.63, 3.8) is 0 Å². The van der Waals surface area contributed by atoms with E-state index in [1.54, 1.807) is 0 Å². The largest absolute Gasteiger partial charge is 0.352 e. The summed E-state index contributed by atoms with van der Waals surface area (Å²) in [6, 6.07) is 0.358. The third kappa shape index (κ3) is 4.70. The summed E-state index contributed by atoms with van der Waals surface area (Å²) >= 11 is 0. The van der Waals surface area contributed by atoms with Crippen molar-refractivity contribution in [3.05, 3.63) is 0 Å². The normalized spacial score (nSPS) is 30.0. The molecule has 2 aliphatic carbocycles. The fourth-order valence-corrected chi connectivity index (χ4v) is 3.15. The van der Waals surface area contributed by atoms with Crippen molar-refractivity contribution < 1.29 is 9.59 Å². The van der Waals surface area contributed by atoms with Crippen LogP contribution in [0.5, 0.6) is 0 Å². The lowest BCUT2D eigenvalue weighted by Gasteiger charge is -2.36. The first-order valence-electron chi connectivity index (χ1n) is 8.68. The van der Waals surface area contributed by atoms with Gasteiger partial charge in [0.2, 0.25) is 11.8 Å². The van der Waals surface area contributed by atoms with Gasteiger partial charge in [-0.1, -0.05) is 26.7 Å². The predicted octanol–water partition coefficient (Wildman–Crippen LogP) is 1.53. The Labute approximate surface area is 134 Å². The minimum Gasteiger partial charge on any atom is -0.352 e. The van der Waals surface area contributed by atoms with Crippen molar-refractivity contribution in [1.29, 1.82) is 0 Å². The maximum Gasteiger partial charge on any atom is 0.237 e. The second-order valence-electron chi connectivity index (χ2n) is 7.32. The molecule has 126 valence electrons. The molecule has 5 nitrogen and oxygen atoms in total. The first kappa shape index (κ1) is 17.3. The molecular weight excluding hydrogens is 278 g/mol. The lowest BCUT2D eigenvalue weighted by atomic mass is 9.78. The van der Waals surface area contributed by atoms with Crippen LogP contribution in [0.1, 0.15) is 52.9 Å². The topological polar surface area (TPSA) is 61.4 Å². The Morgan fingerprint density at radius 3 is 2.45 bits per heavy atom. The van der Waals surface area contributed by atoms with E-state index in [0.29, 0.717) is 17.9 Å². The van der Waals surface area contributed by atoms with Crippen LogP contribution in [0.15, 0.2) is 0 Å². The molecule has 2 N–H and O–H groups in total. The minimum absolute atomic E-state index is 0.0179. The molecule has 2 saturated carbocycles. The van der Waals surface area contributed by atoms with Gasteiger partial charge in [-0.05, 0) is 45.1 Å². The van der Waals surface area contributed by atoms with E-state index >= 15 is 0 Å². The third-order valence-electron chi connectivity index (χ3n) is 5.41. The van der Waals surface area contributed by atoms with Crippen molar-refractivity contribution >= 4 is 11.8 Å². The maximum absolute atomic E-state index is 12.4. The Morgan fingerprint density at radius 1 is 1.14 bits per heavy atom. The smallest absolute Gasteiger partial charge is 0.237 e. The number of carbonyl (C=O) groups excluding carboxylic acids is 2. The Balaban J connectivity index is 1.78. The standard InChI is InChI=1S/C17H31N3O2/c1-11-6-5-7-15(12(11)2)19-17(22)13(3)20(4)10-16(21)18-14-8-9-14/h11-15H,5-10H2,1-4H3,(H,18,21)(H,19,22)/t11-,12+,13+,15+/m0/s1. The SMILES string of the molecule is C[C@@H]1[C@@H](C)CCC[C@H]1NC(=O)[C@@H](C)N(C)CC(=O)NC1CC1. The molecule has 0 heterocycles. The van der Waals surface area contributed by atoms with Crippen LogP contribution in [0.4, 0.5) is 0 Å². The average Bonchev–Trinajstić information content (AvgIpc) is 3.26. The van der Waals surface area contributed by atoms with Crippen LogP contribution in [-0.4, -0.2) is 48.4 Å². The van der Waals surface area contributed by atoms with Gasteiger partial charge >= 0.3 is 0 Å². The van der Waals surface area contributed by atoms with Gasteiger partial charge in [0.05, 0.1) is 12.6 Å². The number of hydrogen-bond acceptors (Lipinski definition) is 3. The highest BCUT2D eigenvalue weighted by molar-refractivity contribution is 5.83. The molecule has 0 aromatic rings. The molecule has 0 aromatic carbocycles. The van der Waals surface area contributed by atoms with E-state index in [-0.39, 0.29) is 30.4 Å². The lowest BCUT2D eigenvalue weighted by Crippen LogP contribution is -2.52. The molecule has 4 atom stereocenters. The number of nitrogens with zero attached hydrogens (tertiary/aromatic N) is 1. The monoisotopic (exact) mass is 309 g/mol. The van der Waals surface area contributed by atoms with E-state index in [9.17, 15) is 9.59 Å². The number of nitrogens with one attached hydrogen (secondary N) is 2. The Bertz CT molecular complexity index is 409. The first-order chi connectivity index (χ1) is 10.4. The fourth-order valence-electron chi connectivity index (χ4n) is 3.15. The quantitative estimate of drug-likeness (QED) is 0.782. The van der Waals surface area contributed by atoms with Gasteiger partial charge in [0.25, 0.3) is 0 Å². The summed E-state index contributed by atoms with van der Waals surface area (Å²) in [7, 11) is 1.84.